The van der Waals surface area contributed by atoms with Crippen molar-refractivity contribution >= 4 is 27.9 Å². The molecule has 2 N–H and O–H groups in total. The SMILES string of the molecule is Cc1cc(C2OC(N)=NC2=O)ccc1Br. The first-order chi connectivity index (χ1) is 7.08. The van der Waals surface area contributed by atoms with Crippen LogP contribution in [0.25, 0.3) is 0 Å². The molecule has 4 nitrogen and oxygen atoms in total. The normalized spacial score (nSPS) is 20.0. The number of nitrogens with two attached hydrogens (primary N) is 1. The lowest BCUT2D eigenvalue weighted by atomic mass is 10.1. The Morgan fingerprint density at radius 1 is 1.53 bits per heavy atom. The fraction of sp³-hybridized carbons (Fsp3) is 0.200. The Balaban J connectivity index is 2.32. The number of aliphatic imine (C=N–C) groups is 1. The van der Waals surface area contributed by atoms with Crippen LogP contribution in [-0.4, -0.2) is 11.9 Å². The molecular formula is C10H9BrN2O2. The van der Waals surface area contributed by atoms with Crippen LogP contribution in [0.15, 0.2) is 27.7 Å². The Hall–Kier alpha value is -1.36. The first kappa shape index (κ1) is 10.2. The molecule has 1 heterocycles. The third kappa shape index (κ3) is 1.87. The Bertz CT molecular complexity index is 457. The van der Waals surface area contributed by atoms with Gasteiger partial charge in [0.25, 0.3) is 11.9 Å². The number of carbonyl (C=O) groups is 1. The van der Waals surface area contributed by atoms with Crippen LogP contribution in [-0.2, 0) is 9.53 Å². The molecule has 0 spiro atoms. The number of ether oxygens (including phenoxy) is 1. The predicted molar refractivity (Wildman–Crippen MR) is 59.3 cm³/mol. The van der Waals surface area contributed by atoms with E-state index in [4.69, 9.17) is 10.5 Å². The molecule has 5 heteroatoms. The Kier molecular flexibility index (Phi) is 2.48. The molecule has 0 aliphatic carbocycles. The smallest absolute Gasteiger partial charge is 0.296 e. The molecule has 0 fully saturated rings. The van der Waals surface area contributed by atoms with Gasteiger partial charge < -0.3 is 10.5 Å². The maximum absolute atomic E-state index is 11.4. The van der Waals surface area contributed by atoms with E-state index in [2.05, 4.69) is 20.9 Å². The fourth-order valence-electron chi connectivity index (χ4n) is 1.41. The number of hydrogen-bond donors (Lipinski definition) is 1. The molecule has 1 aromatic carbocycles. The van der Waals surface area contributed by atoms with Crippen LogP contribution in [0.2, 0.25) is 0 Å². The summed E-state index contributed by atoms with van der Waals surface area (Å²) >= 11 is 3.39. The minimum Gasteiger partial charge on any atom is -0.447 e. The van der Waals surface area contributed by atoms with Crippen LogP contribution in [0.3, 0.4) is 0 Å². The summed E-state index contributed by atoms with van der Waals surface area (Å²) in [7, 11) is 0. The Labute approximate surface area is 95.3 Å². The number of amides is 1. The van der Waals surface area contributed by atoms with E-state index in [9.17, 15) is 4.79 Å². The van der Waals surface area contributed by atoms with E-state index in [1.165, 1.54) is 0 Å². The number of hydrogen-bond acceptors (Lipinski definition) is 3. The van der Waals surface area contributed by atoms with Gasteiger partial charge in [-0.15, -0.1) is 0 Å². The molecule has 0 aromatic heterocycles. The molecule has 0 bridgehead atoms. The molecule has 0 saturated carbocycles. The van der Waals surface area contributed by atoms with Gasteiger partial charge in [0.15, 0.2) is 0 Å². The molecular weight excluding hydrogens is 260 g/mol. The number of halogens is 1. The van der Waals surface area contributed by atoms with E-state index in [1.807, 2.05) is 25.1 Å². The van der Waals surface area contributed by atoms with Crippen LogP contribution in [0, 0.1) is 6.92 Å². The summed E-state index contributed by atoms with van der Waals surface area (Å²) in [6.45, 7) is 1.94. The van der Waals surface area contributed by atoms with Crippen molar-refractivity contribution in [3.8, 4) is 0 Å². The minimum absolute atomic E-state index is 0.0643. The van der Waals surface area contributed by atoms with Gasteiger partial charge in [0.05, 0.1) is 0 Å². The third-order valence-electron chi connectivity index (χ3n) is 2.17. The number of aryl methyl sites for hydroxylation is 1. The van der Waals surface area contributed by atoms with Gasteiger partial charge in [0, 0.05) is 10.0 Å². The van der Waals surface area contributed by atoms with Crippen molar-refractivity contribution in [1.82, 2.24) is 0 Å². The minimum atomic E-state index is -0.684. The molecule has 1 unspecified atom stereocenters. The quantitative estimate of drug-likeness (QED) is 0.843. The van der Waals surface area contributed by atoms with Crippen molar-refractivity contribution in [2.24, 2.45) is 10.7 Å². The third-order valence-corrected chi connectivity index (χ3v) is 3.06. The van der Waals surface area contributed by atoms with Crippen molar-refractivity contribution in [1.29, 1.82) is 0 Å². The van der Waals surface area contributed by atoms with Crippen molar-refractivity contribution in [2.45, 2.75) is 13.0 Å². The Morgan fingerprint density at radius 2 is 2.27 bits per heavy atom. The predicted octanol–water partition coefficient (Wildman–Crippen LogP) is 1.67. The second-order valence-electron chi connectivity index (χ2n) is 3.29. The van der Waals surface area contributed by atoms with Crippen molar-refractivity contribution in [3.05, 3.63) is 33.8 Å². The highest BCUT2D eigenvalue weighted by Crippen LogP contribution is 2.26. The van der Waals surface area contributed by atoms with E-state index in [1.54, 1.807) is 0 Å². The van der Waals surface area contributed by atoms with Gasteiger partial charge in [-0.2, -0.15) is 4.99 Å². The first-order valence-corrected chi connectivity index (χ1v) is 5.18. The number of amidine groups is 1. The average Bonchev–Trinajstić information content (AvgIpc) is 2.50. The summed E-state index contributed by atoms with van der Waals surface area (Å²) in [4.78, 5) is 14.9. The maximum Gasteiger partial charge on any atom is 0.296 e. The molecule has 1 atom stereocenters. The topological polar surface area (TPSA) is 64.7 Å². The van der Waals surface area contributed by atoms with Gasteiger partial charge in [0.1, 0.15) is 0 Å². The summed E-state index contributed by atoms with van der Waals surface area (Å²) in [6, 6.07) is 5.50. The number of rotatable bonds is 1. The van der Waals surface area contributed by atoms with Crippen molar-refractivity contribution in [2.75, 3.05) is 0 Å². The monoisotopic (exact) mass is 268 g/mol. The summed E-state index contributed by atoms with van der Waals surface area (Å²) in [5.74, 6) is -0.353. The molecule has 1 aromatic rings. The van der Waals surface area contributed by atoms with Gasteiger partial charge >= 0.3 is 0 Å². The zero-order valence-corrected chi connectivity index (χ0v) is 9.61. The zero-order chi connectivity index (χ0) is 11.0. The van der Waals surface area contributed by atoms with Gasteiger partial charge in [-0.05, 0) is 18.6 Å². The van der Waals surface area contributed by atoms with Gasteiger partial charge in [-0.3, -0.25) is 4.79 Å². The lowest BCUT2D eigenvalue weighted by molar-refractivity contribution is -0.122. The van der Waals surface area contributed by atoms with E-state index in [-0.39, 0.29) is 11.9 Å². The van der Waals surface area contributed by atoms with Gasteiger partial charge in [0.2, 0.25) is 6.10 Å². The highest BCUT2D eigenvalue weighted by molar-refractivity contribution is 9.10. The molecule has 15 heavy (non-hydrogen) atoms. The molecule has 1 amide bonds. The first-order valence-electron chi connectivity index (χ1n) is 4.38. The Morgan fingerprint density at radius 3 is 2.80 bits per heavy atom. The summed E-state index contributed by atoms with van der Waals surface area (Å²) in [6.07, 6.45) is -0.684. The van der Waals surface area contributed by atoms with E-state index in [0.717, 1.165) is 15.6 Å². The highest BCUT2D eigenvalue weighted by Gasteiger charge is 2.29. The second kappa shape index (κ2) is 3.66. The molecule has 0 radical (unpaired) electrons. The van der Waals surface area contributed by atoms with Crippen LogP contribution in [0.5, 0.6) is 0 Å². The van der Waals surface area contributed by atoms with E-state index >= 15 is 0 Å². The van der Waals surface area contributed by atoms with Crippen LogP contribution in [0.4, 0.5) is 0 Å². The maximum atomic E-state index is 11.4. The molecule has 78 valence electrons. The summed E-state index contributed by atoms with van der Waals surface area (Å²) in [5.41, 5.74) is 7.12. The zero-order valence-electron chi connectivity index (χ0n) is 8.03. The highest BCUT2D eigenvalue weighted by atomic mass is 79.9. The number of benzene rings is 1. The standard InChI is InChI=1S/C10H9BrN2O2/c1-5-4-6(2-3-7(5)11)8-9(14)13-10(12)15-8/h2-4,8H,1H3,(H2,12,13,14). The van der Waals surface area contributed by atoms with Gasteiger partial charge in [-0.1, -0.05) is 28.1 Å². The largest absolute Gasteiger partial charge is 0.447 e. The van der Waals surface area contributed by atoms with E-state index in [0.29, 0.717) is 0 Å². The molecule has 2 rings (SSSR count). The lowest BCUT2D eigenvalue weighted by Gasteiger charge is -2.09. The number of carbonyl (C=O) groups excluding carboxylic acids is 1. The van der Waals surface area contributed by atoms with Gasteiger partial charge in [-0.25, -0.2) is 0 Å². The number of nitrogens with zero attached hydrogens (tertiary/aromatic N) is 1. The van der Waals surface area contributed by atoms with Crippen LogP contribution < -0.4 is 5.73 Å². The van der Waals surface area contributed by atoms with Crippen LogP contribution in [0.1, 0.15) is 17.2 Å². The fourth-order valence-corrected chi connectivity index (χ4v) is 1.65. The molecule has 0 saturated heterocycles. The van der Waals surface area contributed by atoms with Crippen molar-refractivity contribution in [3.63, 3.8) is 0 Å². The molecule has 1 aliphatic rings. The summed E-state index contributed by atoms with van der Waals surface area (Å²) < 4.78 is 6.11. The lowest BCUT2D eigenvalue weighted by Crippen LogP contribution is -2.14. The second-order valence-corrected chi connectivity index (χ2v) is 4.15. The van der Waals surface area contributed by atoms with E-state index < -0.39 is 6.10 Å². The average molecular weight is 269 g/mol. The molecule has 1 aliphatic heterocycles. The van der Waals surface area contributed by atoms with Crippen molar-refractivity contribution < 1.29 is 9.53 Å². The summed E-state index contributed by atoms with van der Waals surface area (Å²) in [5, 5.41) is 0. The van der Waals surface area contributed by atoms with Crippen LogP contribution >= 0.6 is 15.9 Å².